The van der Waals surface area contributed by atoms with E-state index in [1.807, 2.05) is 42.2 Å². The summed E-state index contributed by atoms with van der Waals surface area (Å²) in [7, 11) is 0. The molecule has 3 aromatic rings. The Labute approximate surface area is 192 Å². The quantitative estimate of drug-likeness (QED) is 0.149. The van der Waals surface area contributed by atoms with Gasteiger partial charge in [-0.15, -0.1) is 0 Å². The van der Waals surface area contributed by atoms with E-state index in [0.717, 1.165) is 42.3 Å². The SMILES string of the molecule is CCN(C(=O)c1cc2ncccc2[nH]1)[C@H]1CCCC(S)(NCc2ccc(N=[N+]=[N-])cc2)C1. The maximum absolute atomic E-state index is 13.3. The van der Waals surface area contributed by atoms with Gasteiger partial charge in [0, 0.05) is 35.9 Å². The average molecular weight is 450 g/mol. The number of fused-ring (bicyclic) bond motifs is 1. The lowest BCUT2D eigenvalue weighted by Crippen LogP contribution is -2.51. The summed E-state index contributed by atoms with van der Waals surface area (Å²) in [5.74, 6) is 0.00159. The van der Waals surface area contributed by atoms with E-state index in [0.29, 0.717) is 24.5 Å². The van der Waals surface area contributed by atoms with Gasteiger partial charge in [0.25, 0.3) is 5.91 Å². The van der Waals surface area contributed by atoms with E-state index >= 15 is 0 Å². The molecule has 0 aliphatic heterocycles. The Balaban J connectivity index is 1.43. The number of amides is 1. The zero-order chi connectivity index (χ0) is 22.6. The second-order valence-electron chi connectivity index (χ2n) is 8.20. The molecule has 1 aliphatic rings. The molecule has 166 valence electrons. The van der Waals surface area contributed by atoms with Gasteiger partial charge in [0.05, 0.1) is 15.9 Å². The van der Waals surface area contributed by atoms with Crippen LogP contribution in [-0.2, 0) is 6.54 Å². The molecule has 2 atom stereocenters. The van der Waals surface area contributed by atoms with Gasteiger partial charge in [0.2, 0.25) is 0 Å². The summed E-state index contributed by atoms with van der Waals surface area (Å²) < 4.78 is 0. The molecular formula is C23H27N7OS. The molecule has 2 aromatic heterocycles. The maximum Gasteiger partial charge on any atom is 0.270 e. The van der Waals surface area contributed by atoms with E-state index in [9.17, 15) is 4.79 Å². The van der Waals surface area contributed by atoms with Crippen LogP contribution in [0.5, 0.6) is 0 Å². The van der Waals surface area contributed by atoms with Crippen LogP contribution < -0.4 is 5.32 Å². The molecule has 32 heavy (non-hydrogen) atoms. The van der Waals surface area contributed by atoms with Crippen LogP contribution in [0, 0.1) is 0 Å². The number of hydrogen-bond donors (Lipinski definition) is 3. The van der Waals surface area contributed by atoms with Gasteiger partial charge in [-0.1, -0.05) is 29.4 Å². The molecule has 1 unspecified atom stereocenters. The number of carbonyl (C=O) groups is 1. The number of nitrogens with zero attached hydrogens (tertiary/aromatic N) is 5. The number of rotatable bonds is 7. The third-order valence-corrected chi connectivity index (χ3v) is 6.65. The second-order valence-corrected chi connectivity index (χ2v) is 9.06. The molecule has 0 spiro atoms. The van der Waals surface area contributed by atoms with Gasteiger partial charge >= 0.3 is 0 Å². The highest BCUT2D eigenvalue weighted by Gasteiger charge is 2.37. The zero-order valence-electron chi connectivity index (χ0n) is 18.0. The van der Waals surface area contributed by atoms with E-state index in [2.05, 4.69) is 25.3 Å². The lowest BCUT2D eigenvalue weighted by Gasteiger charge is -2.42. The average Bonchev–Trinajstić information content (AvgIpc) is 3.24. The summed E-state index contributed by atoms with van der Waals surface area (Å²) in [4.78, 5) is 25.2. The second kappa shape index (κ2) is 9.65. The first-order valence-corrected chi connectivity index (χ1v) is 11.3. The standard InChI is InChI=1S/C23H27N7OS/c1-2-30(22(31)21-13-20-19(27-21)6-4-12-25-20)18-5-3-11-23(32,14-18)26-15-16-7-9-17(10-8-16)28-29-24/h4,6-10,12-13,18,26-27,32H,2-3,5,11,14-15H2,1H3/t18-,23?/m0/s1. The first-order valence-electron chi connectivity index (χ1n) is 10.9. The minimum absolute atomic E-state index is 0.00159. The highest BCUT2D eigenvalue weighted by molar-refractivity contribution is 7.81. The van der Waals surface area contributed by atoms with Crippen LogP contribution in [0.1, 0.15) is 48.7 Å². The van der Waals surface area contributed by atoms with Gasteiger partial charge < -0.3 is 9.88 Å². The summed E-state index contributed by atoms with van der Waals surface area (Å²) in [6, 6.07) is 13.2. The first kappa shape index (κ1) is 22.2. The molecule has 9 heteroatoms. The molecule has 0 saturated heterocycles. The molecular weight excluding hydrogens is 422 g/mol. The third-order valence-electron chi connectivity index (χ3n) is 6.08. The monoisotopic (exact) mass is 449 g/mol. The molecule has 1 aromatic carbocycles. The molecule has 1 amide bonds. The number of aromatic nitrogens is 2. The number of thiol groups is 1. The van der Waals surface area contributed by atoms with Crippen LogP contribution in [0.4, 0.5) is 5.69 Å². The summed E-state index contributed by atoms with van der Waals surface area (Å²) in [6.07, 6.45) is 5.39. The Hall–Kier alpha value is -3.00. The number of aromatic amines is 1. The predicted molar refractivity (Wildman–Crippen MR) is 129 cm³/mol. The molecule has 0 bridgehead atoms. The van der Waals surface area contributed by atoms with Gasteiger partial charge in [-0.05, 0) is 61.9 Å². The highest BCUT2D eigenvalue weighted by Crippen LogP contribution is 2.35. The summed E-state index contributed by atoms with van der Waals surface area (Å²) in [6.45, 7) is 3.31. The van der Waals surface area contributed by atoms with Crippen molar-refractivity contribution in [2.75, 3.05) is 6.54 Å². The Morgan fingerprint density at radius 3 is 2.94 bits per heavy atom. The molecule has 0 radical (unpaired) electrons. The number of carbonyl (C=O) groups excluding carboxylic acids is 1. The zero-order valence-corrected chi connectivity index (χ0v) is 18.9. The van der Waals surface area contributed by atoms with Crippen molar-refractivity contribution in [1.29, 1.82) is 0 Å². The van der Waals surface area contributed by atoms with Crippen molar-refractivity contribution in [3.63, 3.8) is 0 Å². The van der Waals surface area contributed by atoms with Crippen LogP contribution in [0.2, 0.25) is 0 Å². The number of azide groups is 1. The molecule has 1 fully saturated rings. The lowest BCUT2D eigenvalue weighted by molar-refractivity contribution is 0.0612. The summed E-state index contributed by atoms with van der Waals surface area (Å²) >= 11 is 4.99. The van der Waals surface area contributed by atoms with E-state index in [-0.39, 0.29) is 16.8 Å². The number of nitrogens with one attached hydrogen (secondary N) is 2. The molecule has 2 heterocycles. The van der Waals surface area contributed by atoms with Crippen molar-refractivity contribution in [2.45, 2.75) is 50.1 Å². The first-order chi connectivity index (χ1) is 15.5. The largest absolute Gasteiger partial charge is 0.349 e. The normalized spacial score (nSPS) is 20.6. The molecule has 1 aliphatic carbocycles. The fourth-order valence-electron chi connectivity index (χ4n) is 4.44. The third kappa shape index (κ3) is 4.91. The van der Waals surface area contributed by atoms with E-state index in [1.165, 1.54) is 0 Å². The smallest absolute Gasteiger partial charge is 0.270 e. The van der Waals surface area contributed by atoms with E-state index in [4.69, 9.17) is 18.2 Å². The Morgan fingerprint density at radius 2 is 2.22 bits per heavy atom. The molecule has 1 saturated carbocycles. The minimum atomic E-state index is -0.359. The van der Waals surface area contributed by atoms with Gasteiger partial charge in [0.1, 0.15) is 5.69 Å². The highest BCUT2D eigenvalue weighted by atomic mass is 32.1. The van der Waals surface area contributed by atoms with Gasteiger partial charge in [-0.25, -0.2) is 0 Å². The fraction of sp³-hybridized carbons (Fsp3) is 0.391. The van der Waals surface area contributed by atoms with E-state index < -0.39 is 0 Å². The van der Waals surface area contributed by atoms with E-state index in [1.54, 1.807) is 18.3 Å². The fourth-order valence-corrected chi connectivity index (χ4v) is 4.89. The van der Waals surface area contributed by atoms with Crippen LogP contribution in [0.3, 0.4) is 0 Å². The van der Waals surface area contributed by atoms with Crippen molar-refractivity contribution in [1.82, 2.24) is 20.2 Å². The lowest BCUT2D eigenvalue weighted by atomic mass is 9.88. The Bertz CT molecular complexity index is 1110. The van der Waals surface area contributed by atoms with Gasteiger partial charge in [-0.2, -0.15) is 12.6 Å². The van der Waals surface area contributed by atoms with Crippen LogP contribution in [0.25, 0.3) is 21.5 Å². The van der Waals surface area contributed by atoms with Crippen LogP contribution >= 0.6 is 12.6 Å². The topological polar surface area (TPSA) is 110 Å². The van der Waals surface area contributed by atoms with Crippen molar-refractivity contribution in [3.8, 4) is 0 Å². The predicted octanol–water partition coefficient (Wildman–Crippen LogP) is 5.33. The van der Waals surface area contributed by atoms with Gasteiger partial charge in [-0.3, -0.25) is 15.1 Å². The summed E-state index contributed by atoms with van der Waals surface area (Å²) in [5.41, 5.74) is 12.5. The molecule has 2 N–H and O–H groups in total. The van der Waals surface area contributed by atoms with Crippen molar-refractivity contribution < 1.29 is 4.79 Å². The number of H-pyrrole nitrogens is 1. The number of hydrogen-bond acceptors (Lipinski definition) is 5. The van der Waals surface area contributed by atoms with Gasteiger partial charge in [0.15, 0.2) is 0 Å². The van der Waals surface area contributed by atoms with Crippen LogP contribution in [0.15, 0.2) is 53.8 Å². The maximum atomic E-state index is 13.3. The molecule has 4 rings (SSSR count). The van der Waals surface area contributed by atoms with Crippen molar-refractivity contribution in [2.24, 2.45) is 5.11 Å². The number of pyridine rings is 1. The van der Waals surface area contributed by atoms with Crippen molar-refractivity contribution >= 4 is 35.3 Å². The van der Waals surface area contributed by atoms with Crippen molar-refractivity contribution in [3.05, 3.63) is 70.4 Å². The summed E-state index contributed by atoms with van der Waals surface area (Å²) in [5, 5.41) is 7.19. The van der Waals surface area contributed by atoms with Crippen LogP contribution in [-0.4, -0.2) is 38.2 Å². The number of benzene rings is 1. The Kier molecular flexibility index (Phi) is 6.69. The molecule has 8 nitrogen and oxygen atoms in total. The Morgan fingerprint density at radius 1 is 1.41 bits per heavy atom. The minimum Gasteiger partial charge on any atom is -0.349 e.